The molecule has 2 N–H and O–H groups in total. The van der Waals surface area contributed by atoms with Gasteiger partial charge >= 0.3 is 0 Å². The van der Waals surface area contributed by atoms with E-state index in [0.29, 0.717) is 17.7 Å². The Morgan fingerprint density at radius 1 is 0.903 bits per heavy atom. The molecule has 0 saturated carbocycles. The zero-order chi connectivity index (χ0) is 22.3. The smallest absolute Gasteiger partial charge is 0.256 e. The molecular weight excluding hydrogens is 408 g/mol. The van der Waals surface area contributed by atoms with Crippen molar-refractivity contribution < 1.29 is 13.2 Å². The van der Waals surface area contributed by atoms with E-state index < -0.39 is 10.0 Å². The number of carbonyl (C=O) groups excluding carboxylic acids is 1. The van der Waals surface area contributed by atoms with Gasteiger partial charge in [-0.2, -0.15) is 0 Å². The van der Waals surface area contributed by atoms with Crippen LogP contribution in [0.1, 0.15) is 31.4 Å². The number of nitrogens with one attached hydrogen (secondary N) is 2. The zero-order valence-electron chi connectivity index (χ0n) is 17.6. The maximum absolute atomic E-state index is 13.1. The molecule has 0 bridgehead atoms. The van der Waals surface area contributed by atoms with Crippen LogP contribution in [0.4, 0.5) is 5.69 Å². The van der Waals surface area contributed by atoms with E-state index >= 15 is 0 Å². The number of sulfonamides is 1. The summed E-state index contributed by atoms with van der Waals surface area (Å²) in [7, 11) is -3.59. The van der Waals surface area contributed by atoms with E-state index in [-0.39, 0.29) is 16.8 Å². The van der Waals surface area contributed by atoms with Gasteiger partial charge in [0.25, 0.3) is 5.91 Å². The van der Waals surface area contributed by atoms with Gasteiger partial charge in [-0.3, -0.25) is 4.79 Å². The van der Waals surface area contributed by atoms with Crippen LogP contribution in [0.25, 0.3) is 11.6 Å². The number of hydrogen-bond acceptors (Lipinski definition) is 3. The van der Waals surface area contributed by atoms with Crippen molar-refractivity contribution in [3.8, 4) is 0 Å². The van der Waals surface area contributed by atoms with Crippen LogP contribution >= 0.6 is 0 Å². The Labute approximate surface area is 183 Å². The lowest BCUT2D eigenvalue weighted by Gasteiger charge is -2.13. The van der Waals surface area contributed by atoms with Crippen LogP contribution in [0.5, 0.6) is 0 Å². The summed E-state index contributed by atoms with van der Waals surface area (Å²) in [4.78, 5) is 13.2. The van der Waals surface area contributed by atoms with Crippen molar-refractivity contribution in [1.82, 2.24) is 4.72 Å². The molecule has 0 aliphatic rings. The number of carbonyl (C=O) groups is 1. The molecule has 0 aromatic heterocycles. The van der Waals surface area contributed by atoms with Crippen LogP contribution < -0.4 is 10.0 Å². The van der Waals surface area contributed by atoms with Gasteiger partial charge < -0.3 is 5.32 Å². The summed E-state index contributed by atoms with van der Waals surface area (Å²) in [6, 6.07) is 25.0. The standard InChI is InChI=1S/C25H26N2O3S/c1-3-19(2)27-31(29,30)23-16-14-22(15-17-23)26-25(28)24(21-12-8-5-9-13-21)18-20-10-6-4-7-11-20/h4-19,27H,3H2,1-2H3,(H,26,28). The molecule has 3 rings (SSSR count). The first kappa shape index (κ1) is 22.5. The Morgan fingerprint density at radius 3 is 2.06 bits per heavy atom. The third-order valence-electron chi connectivity index (χ3n) is 4.83. The highest BCUT2D eigenvalue weighted by molar-refractivity contribution is 7.89. The topological polar surface area (TPSA) is 75.3 Å². The number of hydrogen-bond donors (Lipinski definition) is 2. The van der Waals surface area contributed by atoms with Crippen LogP contribution in [-0.2, 0) is 14.8 Å². The maximum atomic E-state index is 13.1. The molecule has 6 heteroatoms. The van der Waals surface area contributed by atoms with Crippen LogP contribution in [0, 0.1) is 0 Å². The lowest BCUT2D eigenvalue weighted by molar-refractivity contribution is -0.111. The predicted octanol–water partition coefficient (Wildman–Crippen LogP) is 4.94. The minimum absolute atomic E-state index is 0.152. The van der Waals surface area contributed by atoms with Crippen LogP contribution in [0.15, 0.2) is 89.8 Å². The van der Waals surface area contributed by atoms with E-state index in [1.165, 1.54) is 12.1 Å². The van der Waals surface area contributed by atoms with E-state index in [9.17, 15) is 13.2 Å². The molecular formula is C25H26N2O3S. The van der Waals surface area contributed by atoms with Gasteiger partial charge in [-0.15, -0.1) is 0 Å². The fraction of sp³-hybridized carbons (Fsp3) is 0.160. The summed E-state index contributed by atoms with van der Waals surface area (Å²) in [6.07, 6.45) is 2.53. The first-order valence-corrected chi connectivity index (χ1v) is 11.6. The van der Waals surface area contributed by atoms with Gasteiger partial charge in [0.2, 0.25) is 10.0 Å². The van der Waals surface area contributed by atoms with Gasteiger partial charge in [0, 0.05) is 17.3 Å². The average molecular weight is 435 g/mol. The second-order valence-electron chi connectivity index (χ2n) is 7.24. The van der Waals surface area contributed by atoms with Gasteiger partial charge in [0.15, 0.2) is 0 Å². The van der Waals surface area contributed by atoms with Gasteiger partial charge in [-0.05, 0) is 54.8 Å². The first-order chi connectivity index (χ1) is 14.9. The van der Waals surface area contributed by atoms with E-state index in [0.717, 1.165) is 11.1 Å². The molecule has 0 fully saturated rings. The largest absolute Gasteiger partial charge is 0.322 e. The van der Waals surface area contributed by atoms with Crippen molar-refractivity contribution in [3.05, 3.63) is 96.1 Å². The highest BCUT2D eigenvalue weighted by atomic mass is 32.2. The van der Waals surface area contributed by atoms with Crippen molar-refractivity contribution in [2.24, 2.45) is 0 Å². The lowest BCUT2D eigenvalue weighted by Crippen LogP contribution is -2.31. The van der Waals surface area contributed by atoms with Crippen molar-refractivity contribution >= 4 is 33.3 Å². The summed E-state index contributed by atoms with van der Waals surface area (Å²) in [5.74, 6) is -0.275. The Morgan fingerprint density at radius 2 is 1.48 bits per heavy atom. The van der Waals surface area contributed by atoms with E-state index in [1.807, 2.05) is 80.6 Å². The third-order valence-corrected chi connectivity index (χ3v) is 6.44. The first-order valence-electron chi connectivity index (χ1n) is 10.1. The van der Waals surface area contributed by atoms with Crippen molar-refractivity contribution in [1.29, 1.82) is 0 Å². The predicted molar refractivity (Wildman–Crippen MR) is 126 cm³/mol. The molecule has 0 aliphatic heterocycles. The van der Waals surface area contributed by atoms with Crippen LogP contribution in [0.2, 0.25) is 0 Å². The third kappa shape index (κ3) is 6.13. The summed E-state index contributed by atoms with van der Waals surface area (Å²) >= 11 is 0. The maximum Gasteiger partial charge on any atom is 0.256 e. The number of benzene rings is 3. The lowest BCUT2D eigenvalue weighted by atomic mass is 10.0. The molecule has 1 atom stereocenters. The fourth-order valence-corrected chi connectivity index (χ4v) is 4.27. The molecule has 1 amide bonds. The Bertz CT molecular complexity index is 1140. The van der Waals surface area contributed by atoms with Gasteiger partial charge in [0.1, 0.15) is 0 Å². The molecule has 160 valence electrons. The molecule has 3 aromatic carbocycles. The summed E-state index contributed by atoms with van der Waals surface area (Å²) in [6.45, 7) is 3.73. The number of anilines is 1. The second kappa shape index (κ2) is 10.2. The average Bonchev–Trinajstić information content (AvgIpc) is 2.78. The molecule has 3 aromatic rings. The molecule has 1 unspecified atom stereocenters. The monoisotopic (exact) mass is 434 g/mol. The van der Waals surface area contributed by atoms with Crippen molar-refractivity contribution in [3.63, 3.8) is 0 Å². The highest BCUT2D eigenvalue weighted by Crippen LogP contribution is 2.21. The molecule has 0 aliphatic carbocycles. The van der Waals surface area contributed by atoms with Crippen molar-refractivity contribution in [2.45, 2.75) is 31.2 Å². The SMILES string of the molecule is CCC(C)NS(=O)(=O)c1ccc(NC(=O)C(=Cc2ccccc2)c2ccccc2)cc1. The number of amides is 1. The Kier molecular flexibility index (Phi) is 7.39. The van der Waals surface area contributed by atoms with Crippen molar-refractivity contribution in [2.75, 3.05) is 5.32 Å². The van der Waals surface area contributed by atoms with Crippen LogP contribution in [0.3, 0.4) is 0 Å². The zero-order valence-corrected chi connectivity index (χ0v) is 18.4. The molecule has 31 heavy (non-hydrogen) atoms. The number of rotatable bonds is 8. The van der Waals surface area contributed by atoms with Gasteiger partial charge in [0.05, 0.1) is 4.90 Å². The molecule has 0 spiro atoms. The van der Waals surface area contributed by atoms with Gasteiger partial charge in [-0.1, -0.05) is 67.6 Å². The Balaban J connectivity index is 1.83. The summed E-state index contributed by atoms with van der Waals surface area (Å²) < 4.78 is 27.5. The van der Waals surface area contributed by atoms with E-state index in [2.05, 4.69) is 10.0 Å². The summed E-state index contributed by atoms with van der Waals surface area (Å²) in [5.41, 5.74) is 2.74. The van der Waals surface area contributed by atoms with Gasteiger partial charge in [-0.25, -0.2) is 13.1 Å². The molecule has 5 nitrogen and oxygen atoms in total. The molecule has 0 radical (unpaired) electrons. The van der Waals surface area contributed by atoms with Crippen LogP contribution in [-0.4, -0.2) is 20.4 Å². The quantitative estimate of drug-likeness (QED) is 0.389. The molecule has 0 heterocycles. The minimum Gasteiger partial charge on any atom is -0.322 e. The second-order valence-corrected chi connectivity index (χ2v) is 8.96. The molecule has 0 saturated heterocycles. The minimum atomic E-state index is -3.59. The summed E-state index contributed by atoms with van der Waals surface area (Å²) in [5, 5.41) is 2.87. The Hall–Kier alpha value is -3.22. The van der Waals surface area contributed by atoms with E-state index in [1.54, 1.807) is 12.1 Å². The fourth-order valence-electron chi connectivity index (χ4n) is 2.95. The normalized spacial score (nSPS) is 12.9. The highest BCUT2D eigenvalue weighted by Gasteiger charge is 2.17. The van der Waals surface area contributed by atoms with E-state index in [4.69, 9.17) is 0 Å².